The van der Waals surface area contributed by atoms with Crippen molar-refractivity contribution in [3.05, 3.63) is 31.0 Å². The van der Waals surface area contributed by atoms with Gasteiger partial charge in [0.15, 0.2) is 5.82 Å². The van der Waals surface area contributed by atoms with E-state index in [1.807, 2.05) is 18.3 Å². The Morgan fingerprint density at radius 1 is 1.10 bits per heavy atom. The highest BCUT2D eigenvalue weighted by Gasteiger charge is 1.98. The van der Waals surface area contributed by atoms with E-state index in [9.17, 15) is 0 Å². The molecule has 0 aliphatic heterocycles. The SMILES string of the molecule is CCCCCCCCNc1ccc(-n2cncn2)nc1. The minimum Gasteiger partial charge on any atom is -0.384 e. The molecule has 0 unspecified atom stereocenters. The number of unbranched alkanes of at least 4 members (excludes halogenated alkanes) is 5. The Labute approximate surface area is 120 Å². The summed E-state index contributed by atoms with van der Waals surface area (Å²) < 4.78 is 1.65. The Bertz CT molecular complexity index is 464. The van der Waals surface area contributed by atoms with Crippen LogP contribution in [0.15, 0.2) is 31.0 Å². The summed E-state index contributed by atoms with van der Waals surface area (Å²) >= 11 is 0. The van der Waals surface area contributed by atoms with Gasteiger partial charge in [0.05, 0.1) is 11.9 Å². The van der Waals surface area contributed by atoms with Crippen LogP contribution in [0.2, 0.25) is 0 Å². The van der Waals surface area contributed by atoms with Gasteiger partial charge in [-0.2, -0.15) is 5.10 Å². The molecular weight excluding hydrogens is 250 g/mol. The Morgan fingerprint density at radius 3 is 2.65 bits per heavy atom. The molecule has 5 heteroatoms. The van der Waals surface area contributed by atoms with Crippen molar-refractivity contribution in [3.8, 4) is 5.82 Å². The molecule has 0 atom stereocenters. The lowest BCUT2D eigenvalue weighted by Gasteiger charge is -2.06. The maximum Gasteiger partial charge on any atom is 0.155 e. The number of rotatable bonds is 9. The van der Waals surface area contributed by atoms with E-state index in [1.165, 1.54) is 44.9 Å². The fourth-order valence-corrected chi connectivity index (χ4v) is 2.09. The Balaban J connectivity index is 1.67. The predicted octanol–water partition coefficient (Wildman–Crippen LogP) is 3.43. The van der Waals surface area contributed by atoms with Crippen molar-refractivity contribution in [2.24, 2.45) is 0 Å². The zero-order valence-electron chi connectivity index (χ0n) is 12.1. The highest BCUT2D eigenvalue weighted by molar-refractivity contribution is 5.43. The highest BCUT2D eigenvalue weighted by Crippen LogP contribution is 2.10. The summed E-state index contributed by atoms with van der Waals surface area (Å²) in [5.41, 5.74) is 1.06. The maximum atomic E-state index is 4.36. The van der Waals surface area contributed by atoms with Crippen molar-refractivity contribution in [2.45, 2.75) is 45.4 Å². The van der Waals surface area contributed by atoms with Crippen LogP contribution in [0, 0.1) is 0 Å². The van der Waals surface area contributed by atoms with E-state index in [4.69, 9.17) is 0 Å². The van der Waals surface area contributed by atoms with Crippen LogP contribution in [0.25, 0.3) is 5.82 Å². The average Bonchev–Trinajstić information content (AvgIpc) is 3.01. The predicted molar refractivity (Wildman–Crippen MR) is 81.0 cm³/mol. The van der Waals surface area contributed by atoms with Crippen LogP contribution >= 0.6 is 0 Å². The number of nitrogens with one attached hydrogen (secondary N) is 1. The molecule has 20 heavy (non-hydrogen) atoms. The lowest BCUT2D eigenvalue weighted by molar-refractivity contribution is 0.617. The van der Waals surface area contributed by atoms with Gasteiger partial charge in [-0.1, -0.05) is 39.0 Å². The topological polar surface area (TPSA) is 55.6 Å². The van der Waals surface area contributed by atoms with E-state index >= 15 is 0 Å². The first-order chi connectivity index (χ1) is 9.90. The molecule has 1 N–H and O–H groups in total. The van der Waals surface area contributed by atoms with Gasteiger partial charge in [-0.05, 0) is 18.6 Å². The molecule has 2 aromatic heterocycles. The van der Waals surface area contributed by atoms with Gasteiger partial charge in [0.25, 0.3) is 0 Å². The molecule has 108 valence electrons. The first kappa shape index (κ1) is 14.5. The van der Waals surface area contributed by atoms with Crippen LogP contribution in [0.5, 0.6) is 0 Å². The van der Waals surface area contributed by atoms with Crippen LogP contribution < -0.4 is 5.32 Å². The van der Waals surface area contributed by atoms with Crippen molar-refractivity contribution in [1.29, 1.82) is 0 Å². The number of hydrogen-bond donors (Lipinski definition) is 1. The molecule has 0 spiro atoms. The molecule has 0 radical (unpaired) electrons. The van der Waals surface area contributed by atoms with E-state index in [0.29, 0.717) is 0 Å². The summed E-state index contributed by atoms with van der Waals surface area (Å²) in [4.78, 5) is 8.27. The molecule has 5 nitrogen and oxygen atoms in total. The molecule has 0 aromatic carbocycles. The minimum absolute atomic E-state index is 0.785. The summed E-state index contributed by atoms with van der Waals surface area (Å²) in [7, 11) is 0. The lowest BCUT2D eigenvalue weighted by atomic mass is 10.1. The third-order valence-corrected chi connectivity index (χ3v) is 3.26. The second kappa shape index (κ2) is 8.30. The summed E-state index contributed by atoms with van der Waals surface area (Å²) in [6.45, 7) is 3.26. The molecule has 2 aromatic rings. The van der Waals surface area contributed by atoms with Crippen LogP contribution in [0.1, 0.15) is 45.4 Å². The van der Waals surface area contributed by atoms with E-state index in [2.05, 4.69) is 27.3 Å². The Hall–Kier alpha value is -1.91. The lowest BCUT2D eigenvalue weighted by Crippen LogP contribution is -2.03. The first-order valence-electron chi connectivity index (χ1n) is 7.45. The van der Waals surface area contributed by atoms with Gasteiger partial charge >= 0.3 is 0 Å². The minimum atomic E-state index is 0.785. The van der Waals surface area contributed by atoms with Crippen LogP contribution in [-0.4, -0.2) is 26.3 Å². The van der Waals surface area contributed by atoms with Crippen LogP contribution in [-0.2, 0) is 0 Å². The van der Waals surface area contributed by atoms with Crippen LogP contribution in [0.3, 0.4) is 0 Å². The smallest absolute Gasteiger partial charge is 0.155 e. The molecule has 0 saturated heterocycles. The van der Waals surface area contributed by atoms with Crippen molar-refractivity contribution in [2.75, 3.05) is 11.9 Å². The summed E-state index contributed by atoms with van der Waals surface area (Å²) in [5, 5.41) is 7.45. The molecule has 2 rings (SSSR count). The molecule has 0 bridgehead atoms. The fraction of sp³-hybridized carbons (Fsp3) is 0.533. The maximum absolute atomic E-state index is 4.36. The number of pyridine rings is 1. The fourth-order valence-electron chi connectivity index (χ4n) is 2.09. The highest BCUT2D eigenvalue weighted by atomic mass is 15.3. The standard InChI is InChI=1S/C15H23N5/c1-2-3-4-5-6-7-10-17-14-8-9-15(18-11-14)20-13-16-12-19-20/h8-9,11-13,17H,2-7,10H2,1H3. The van der Waals surface area contributed by atoms with Crippen LogP contribution in [0.4, 0.5) is 5.69 Å². The molecular formula is C15H23N5. The third kappa shape index (κ3) is 4.64. The molecule has 2 heterocycles. The second-order valence-corrected chi connectivity index (χ2v) is 4.94. The summed E-state index contributed by atoms with van der Waals surface area (Å²) in [5.74, 6) is 0.785. The van der Waals surface area contributed by atoms with Gasteiger partial charge in [-0.25, -0.2) is 14.6 Å². The molecule has 0 fully saturated rings. The quantitative estimate of drug-likeness (QED) is 0.711. The van der Waals surface area contributed by atoms with Crippen molar-refractivity contribution < 1.29 is 0 Å². The summed E-state index contributed by atoms with van der Waals surface area (Å²) in [6.07, 6.45) is 12.9. The zero-order chi connectivity index (χ0) is 14.0. The summed E-state index contributed by atoms with van der Waals surface area (Å²) in [6, 6.07) is 3.97. The largest absolute Gasteiger partial charge is 0.384 e. The van der Waals surface area contributed by atoms with Gasteiger partial charge in [0.2, 0.25) is 0 Å². The molecule has 0 amide bonds. The van der Waals surface area contributed by atoms with Gasteiger partial charge in [-0.15, -0.1) is 0 Å². The van der Waals surface area contributed by atoms with Crippen molar-refractivity contribution in [1.82, 2.24) is 19.7 Å². The third-order valence-electron chi connectivity index (χ3n) is 3.26. The van der Waals surface area contributed by atoms with Gasteiger partial charge in [-0.3, -0.25) is 0 Å². The molecule has 0 aliphatic carbocycles. The van der Waals surface area contributed by atoms with Gasteiger partial charge < -0.3 is 5.32 Å². The Morgan fingerprint density at radius 2 is 1.95 bits per heavy atom. The van der Waals surface area contributed by atoms with Crippen molar-refractivity contribution in [3.63, 3.8) is 0 Å². The number of nitrogens with zero attached hydrogens (tertiary/aromatic N) is 4. The first-order valence-corrected chi connectivity index (χ1v) is 7.45. The molecule has 0 saturated carbocycles. The van der Waals surface area contributed by atoms with E-state index in [1.54, 1.807) is 11.0 Å². The zero-order valence-corrected chi connectivity index (χ0v) is 12.1. The monoisotopic (exact) mass is 273 g/mol. The number of anilines is 1. The normalized spacial score (nSPS) is 10.7. The van der Waals surface area contributed by atoms with E-state index in [0.717, 1.165) is 18.1 Å². The van der Waals surface area contributed by atoms with E-state index < -0.39 is 0 Å². The van der Waals surface area contributed by atoms with Gasteiger partial charge in [0, 0.05) is 6.54 Å². The average molecular weight is 273 g/mol. The number of hydrogen-bond acceptors (Lipinski definition) is 4. The van der Waals surface area contributed by atoms with Gasteiger partial charge in [0.1, 0.15) is 12.7 Å². The Kier molecular flexibility index (Phi) is 6.02. The molecule has 0 aliphatic rings. The second-order valence-electron chi connectivity index (χ2n) is 4.94. The number of aromatic nitrogens is 4. The van der Waals surface area contributed by atoms with Crippen molar-refractivity contribution >= 4 is 5.69 Å². The van der Waals surface area contributed by atoms with E-state index in [-0.39, 0.29) is 0 Å².